The first-order chi connectivity index (χ1) is 3.68. The van der Waals surface area contributed by atoms with E-state index in [0.29, 0.717) is 0 Å². The number of rotatable bonds is 0. The Morgan fingerprint density at radius 1 is 1.00 bits per heavy atom. The van der Waals surface area contributed by atoms with Gasteiger partial charge in [0.05, 0.1) is 0 Å². The molecule has 0 aliphatic heterocycles. The molecule has 0 bridgehead atoms. The number of hydrogen-bond acceptors (Lipinski definition) is 3. The van der Waals surface area contributed by atoms with E-state index in [9.17, 15) is 0 Å². The van der Waals surface area contributed by atoms with Gasteiger partial charge in [-0.2, -0.15) is 0 Å². The van der Waals surface area contributed by atoms with Crippen LogP contribution in [-0.4, -0.2) is 18.4 Å². The molecule has 0 aromatic rings. The summed E-state index contributed by atoms with van der Waals surface area (Å²) in [5.74, 6) is 0. The van der Waals surface area contributed by atoms with Gasteiger partial charge < -0.3 is 0 Å². The van der Waals surface area contributed by atoms with Crippen LogP contribution < -0.4 is 0 Å². The van der Waals surface area contributed by atoms with Gasteiger partial charge in [0.15, 0.2) is 0 Å². The number of nitriles is 3. The summed E-state index contributed by atoms with van der Waals surface area (Å²) in [6, 6.07) is 0. The van der Waals surface area contributed by atoms with Crippen molar-refractivity contribution < 1.29 is 0 Å². The summed E-state index contributed by atoms with van der Waals surface area (Å²) in [4.78, 5) is 1.48. The van der Waals surface area contributed by atoms with E-state index in [4.69, 9.17) is 15.8 Å². The van der Waals surface area contributed by atoms with E-state index in [1.165, 1.54) is 4.94 Å². The van der Waals surface area contributed by atoms with E-state index in [2.05, 4.69) is 0 Å². The molecule has 3 nitrogen and oxygen atoms in total. The summed E-state index contributed by atoms with van der Waals surface area (Å²) >= 11 is -3.42. The molecule has 0 unspecified atom stereocenters. The summed E-state index contributed by atoms with van der Waals surface area (Å²) in [5.41, 5.74) is 0. The molecule has 0 amide bonds. The van der Waals surface area contributed by atoms with Crippen molar-refractivity contribution in [3.63, 3.8) is 0 Å². The quantitative estimate of drug-likeness (QED) is 0.540. The Hall–Kier alpha value is -0.731. The van der Waals surface area contributed by atoms with Gasteiger partial charge in [0.1, 0.15) is 0 Å². The van der Waals surface area contributed by atoms with Crippen molar-refractivity contribution in [2.45, 2.75) is 4.94 Å². The second kappa shape index (κ2) is 2.55. The maximum absolute atomic E-state index is 8.18. The zero-order valence-corrected chi connectivity index (χ0v) is 7.20. The molecule has 0 saturated heterocycles. The Morgan fingerprint density at radius 3 is 1.25 bits per heavy atom. The molecule has 0 fully saturated rings. The predicted molar refractivity (Wildman–Crippen MR) is 28.5 cm³/mol. The first kappa shape index (κ1) is 7.27. The first-order valence-electron chi connectivity index (χ1n) is 1.92. The van der Waals surface area contributed by atoms with Crippen LogP contribution in [0.3, 0.4) is 0 Å². The van der Waals surface area contributed by atoms with E-state index in [1.807, 2.05) is 0 Å². The van der Waals surface area contributed by atoms with Crippen molar-refractivity contribution in [1.29, 1.82) is 15.8 Å². The third kappa shape index (κ3) is 1.40. The average Bonchev–Trinajstić information content (AvgIpc) is 1.87. The van der Waals surface area contributed by atoms with E-state index in [-0.39, 0.29) is 0 Å². The van der Waals surface area contributed by atoms with E-state index in [1.54, 1.807) is 12.3 Å². The molecule has 0 aromatic carbocycles. The van der Waals surface area contributed by atoms with Gasteiger partial charge in [0.2, 0.25) is 0 Å². The Morgan fingerprint density at radius 2 is 1.25 bits per heavy atom. The molecule has 0 rings (SSSR count). The molecule has 8 heavy (non-hydrogen) atoms. The van der Waals surface area contributed by atoms with Crippen LogP contribution in [0.25, 0.3) is 0 Å². The van der Waals surface area contributed by atoms with Crippen molar-refractivity contribution in [3.05, 3.63) is 0 Å². The van der Waals surface area contributed by atoms with Gasteiger partial charge in [-0.15, -0.1) is 0 Å². The van der Waals surface area contributed by atoms with Crippen molar-refractivity contribution >= 4 is 18.4 Å². The van der Waals surface area contributed by atoms with Gasteiger partial charge in [0, 0.05) is 0 Å². The van der Waals surface area contributed by atoms with Crippen LogP contribution >= 0.6 is 0 Å². The van der Waals surface area contributed by atoms with Gasteiger partial charge in [0.25, 0.3) is 0 Å². The summed E-state index contributed by atoms with van der Waals surface area (Å²) in [5, 5.41) is 24.6. The summed E-state index contributed by atoms with van der Waals surface area (Å²) in [7, 11) is 0. The van der Waals surface area contributed by atoms with Crippen molar-refractivity contribution in [2.24, 2.45) is 0 Å². The number of nitrogens with zero attached hydrogens (tertiary/aromatic N) is 3. The van der Waals surface area contributed by atoms with Crippen LogP contribution in [0.2, 0.25) is 4.94 Å². The van der Waals surface area contributed by atoms with Crippen molar-refractivity contribution in [2.75, 3.05) is 0 Å². The van der Waals surface area contributed by atoms with E-state index < -0.39 is 18.4 Å². The Kier molecular flexibility index (Phi) is 2.31. The Bertz CT molecular complexity index is 165. The van der Waals surface area contributed by atoms with Gasteiger partial charge >= 0.3 is 51.4 Å². The zero-order chi connectivity index (χ0) is 6.62. The third-order valence-corrected chi connectivity index (χ3v) is 4.50. The molecule has 0 radical (unpaired) electrons. The maximum atomic E-state index is 8.18. The molecule has 0 aliphatic rings. The second-order valence-electron chi connectivity index (χ2n) is 1.46. The van der Waals surface area contributed by atoms with Crippen LogP contribution in [0.15, 0.2) is 0 Å². The summed E-state index contributed by atoms with van der Waals surface area (Å²) < 4.78 is 5.30. The van der Waals surface area contributed by atoms with E-state index >= 15 is 0 Å². The fourth-order valence-corrected chi connectivity index (χ4v) is 0.503. The molecular formula is C4H3N3Sn. The third-order valence-electron chi connectivity index (χ3n) is 0.671. The zero-order valence-electron chi connectivity index (χ0n) is 4.34. The predicted octanol–water partition coefficient (Wildman–Crippen LogP) is 0.253. The fraction of sp³-hybridized carbons (Fsp3) is 0.250. The molecule has 0 aromatic heterocycles. The molecule has 0 atom stereocenters. The van der Waals surface area contributed by atoms with E-state index in [0.717, 1.165) is 0 Å². The summed E-state index contributed by atoms with van der Waals surface area (Å²) in [6.07, 6.45) is 0. The van der Waals surface area contributed by atoms with Crippen molar-refractivity contribution in [3.8, 4) is 12.3 Å². The SMILES string of the molecule is [CH3][Sn]([C]#N)([C]#N)[C]#N. The second-order valence-corrected chi connectivity index (χ2v) is 9.80. The molecular weight excluding hydrogens is 209 g/mol. The summed E-state index contributed by atoms with van der Waals surface area (Å²) in [6.45, 7) is 0. The number of hydrogen-bond donors (Lipinski definition) is 0. The molecule has 38 valence electrons. The minimum atomic E-state index is -3.42. The van der Waals surface area contributed by atoms with Gasteiger partial charge in [-0.3, -0.25) is 0 Å². The monoisotopic (exact) mass is 213 g/mol. The average molecular weight is 212 g/mol. The first-order valence-corrected chi connectivity index (χ1v) is 9.06. The van der Waals surface area contributed by atoms with Gasteiger partial charge in [-0.05, 0) is 0 Å². The van der Waals surface area contributed by atoms with Crippen LogP contribution in [0.5, 0.6) is 0 Å². The van der Waals surface area contributed by atoms with Crippen LogP contribution in [0.4, 0.5) is 0 Å². The molecule has 0 heterocycles. The van der Waals surface area contributed by atoms with Crippen LogP contribution in [-0.2, 0) is 0 Å². The Balaban J connectivity index is 4.42. The molecule has 0 aliphatic carbocycles. The van der Waals surface area contributed by atoms with Crippen LogP contribution in [0.1, 0.15) is 0 Å². The molecule has 0 N–H and O–H groups in total. The van der Waals surface area contributed by atoms with Crippen LogP contribution in [0, 0.1) is 28.0 Å². The van der Waals surface area contributed by atoms with Gasteiger partial charge in [-0.1, -0.05) is 0 Å². The molecule has 0 saturated carbocycles. The van der Waals surface area contributed by atoms with Gasteiger partial charge in [-0.25, -0.2) is 0 Å². The minimum absolute atomic E-state index is 1.48. The van der Waals surface area contributed by atoms with Crippen molar-refractivity contribution in [1.82, 2.24) is 0 Å². The molecule has 0 spiro atoms. The Labute approximate surface area is 51.6 Å². The molecule has 4 heteroatoms. The standard InChI is InChI=1S/3CN.CH3.Sn/c3*1-2;;/h;;;1H3;. The normalized spacial score (nSPS) is 8.25. The fourth-order valence-electron chi connectivity index (χ4n) is 0.0750. The topological polar surface area (TPSA) is 71.4 Å².